The zero-order chi connectivity index (χ0) is 15.2. The van der Waals surface area contributed by atoms with Gasteiger partial charge in [-0.25, -0.2) is 0 Å². The Hall–Kier alpha value is -1.65. The summed E-state index contributed by atoms with van der Waals surface area (Å²) in [6.45, 7) is 2.08. The van der Waals surface area contributed by atoms with Crippen LogP contribution in [0.1, 0.15) is 17.2 Å². The lowest BCUT2D eigenvalue weighted by Gasteiger charge is -2.18. The van der Waals surface area contributed by atoms with Crippen LogP contribution in [0.15, 0.2) is 53.4 Å². The molecule has 21 heavy (non-hydrogen) atoms. The van der Waals surface area contributed by atoms with Gasteiger partial charge in [0.25, 0.3) is 0 Å². The number of hydrogen-bond donors (Lipinski definition) is 1. The fraction of sp³-hybridized carbons (Fsp3) is 0.294. The molecule has 2 rings (SSSR count). The second kappa shape index (κ2) is 7.38. The highest BCUT2D eigenvalue weighted by molar-refractivity contribution is 7.85. The van der Waals surface area contributed by atoms with Crippen molar-refractivity contribution in [1.29, 1.82) is 0 Å². The number of nitrogens with one attached hydrogen (secondary N) is 1. The molecule has 0 radical (unpaired) electrons. The molecular formula is C17H21NO2S. The van der Waals surface area contributed by atoms with Gasteiger partial charge in [0.1, 0.15) is 5.75 Å². The fourth-order valence-electron chi connectivity index (χ4n) is 2.28. The van der Waals surface area contributed by atoms with Crippen molar-refractivity contribution in [2.75, 3.05) is 19.9 Å². The van der Waals surface area contributed by atoms with Gasteiger partial charge in [-0.15, -0.1) is 0 Å². The topological polar surface area (TPSA) is 38.3 Å². The summed E-state index contributed by atoms with van der Waals surface area (Å²) in [4.78, 5) is 0.824. The normalized spacial score (nSPS) is 13.7. The quantitative estimate of drug-likeness (QED) is 0.891. The summed E-state index contributed by atoms with van der Waals surface area (Å²) in [7, 11) is 2.48. The molecule has 2 aromatic carbocycles. The molecule has 0 saturated carbocycles. The summed E-state index contributed by atoms with van der Waals surface area (Å²) in [5, 5.41) is 3.26. The number of benzene rings is 2. The molecule has 0 saturated heterocycles. The number of ether oxygens (including phenoxy) is 1. The van der Waals surface area contributed by atoms with Crippen LogP contribution in [0, 0.1) is 6.92 Å². The van der Waals surface area contributed by atoms with Crippen LogP contribution in [0.4, 0.5) is 0 Å². The van der Waals surface area contributed by atoms with Crippen LogP contribution < -0.4 is 10.1 Å². The van der Waals surface area contributed by atoms with Crippen LogP contribution in [-0.4, -0.2) is 24.1 Å². The van der Waals surface area contributed by atoms with E-state index in [9.17, 15) is 4.21 Å². The lowest BCUT2D eigenvalue weighted by atomic mass is 10.0. The van der Waals surface area contributed by atoms with Crippen molar-refractivity contribution in [2.24, 2.45) is 0 Å². The van der Waals surface area contributed by atoms with Gasteiger partial charge >= 0.3 is 0 Å². The molecule has 0 heterocycles. The first-order chi connectivity index (χ1) is 10.2. The Labute approximate surface area is 128 Å². The molecule has 2 unspecified atom stereocenters. The van der Waals surface area contributed by atoms with E-state index in [2.05, 4.69) is 24.4 Å². The van der Waals surface area contributed by atoms with Crippen molar-refractivity contribution >= 4 is 10.8 Å². The third-order valence-corrected chi connectivity index (χ3v) is 4.99. The molecule has 0 spiro atoms. The van der Waals surface area contributed by atoms with Gasteiger partial charge in [0.05, 0.1) is 17.9 Å². The molecule has 0 aliphatic heterocycles. The SMILES string of the molecule is CNC(CS(=O)c1ccc(OC)cc1)c1ccccc1C. The van der Waals surface area contributed by atoms with E-state index in [0.717, 1.165) is 10.6 Å². The molecule has 0 fully saturated rings. The monoisotopic (exact) mass is 303 g/mol. The second-order valence-electron chi connectivity index (χ2n) is 4.89. The molecule has 0 aliphatic carbocycles. The first-order valence-electron chi connectivity index (χ1n) is 6.91. The van der Waals surface area contributed by atoms with E-state index >= 15 is 0 Å². The van der Waals surface area contributed by atoms with Gasteiger partial charge < -0.3 is 10.1 Å². The van der Waals surface area contributed by atoms with Gasteiger partial charge in [0.2, 0.25) is 0 Å². The van der Waals surface area contributed by atoms with Gasteiger partial charge in [0, 0.05) is 16.7 Å². The predicted molar refractivity (Wildman–Crippen MR) is 87.2 cm³/mol. The molecule has 0 amide bonds. The molecular weight excluding hydrogens is 282 g/mol. The van der Waals surface area contributed by atoms with Crippen LogP contribution in [0.25, 0.3) is 0 Å². The maximum Gasteiger partial charge on any atom is 0.118 e. The van der Waals surface area contributed by atoms with Gasteiger partial charge in [-0.05, 0) is 49.4 Å². The van der Waals surface area contributed by atoms with Crippen LogP contribution in [-0.2, 0) is 10.8 Å². The summed E-state index contributed by atoms with van der Waals surface area (Å²) in [5.74, 6) is 1.33. The first-order valence-corrected chi connectivity index (χ1v) is 8.23. The molecule has 112 valence electrons. The minimum Gasteiger partial charge on any atom is -0.497 e. The Morgan fingerprint density at radius 2 is 1.81 bits per heavy atom. The minimum absolute atomic E-state index is 0.0779. The number of methoxy groups -OCH3 is 1. The maximum atomic E-state index is 12.5. The standard InChI is InChI=1S/C17H21NO2S/c1-13-6-4-5-7-16(13)17(18-2)12-21(19)15-10-8-14(20-3)9-11-15/h4-11,17-18H,12H2,1-3H3. The summed E-state index contributed by atoms with van der Waals surface area (Å²) in [6, 6.07) is 15.7. The summed E-state index contributed by atoms with van der Waals surface area (Å²) >= 11 is 0. The van der Waals surface area contributed by atoms with Gasteiger partial charge in [-0.3, -0.25) is 4.21 Å². The highest BCUT2D eigenvalue weighted by Gasteiger charge is 2.16. The summed E-state index contributed by atoms with van der Waals surface area (Å²) in [6.07, 6.45) is 0. The van der Waals surface area contributed by atoms with Gasteiger partial charge in [-0.2, -0.15) is 0 Å². The zero-order valence-electron chi connectivity index (χ0n) is 12.6. The average Bonchev–Trinajstić information content (AvgIpc) is 2.53. The van der Waals surface area contributed by atoms with Crippen LogP contribution >= 0.6 is 0 Å². The van der Waals surface area contributed by atoms with Crippen molar-refractivity contribution in [3.8, 4) is 5.75 Å². The highest BCUT2D eigenvalue weighted by Crippen LogP contribution is 2.21. The third-order valence-electron chi connectivity index (χ3n) is 3.55. The molecule has 3 nitrogen and oxygen atoms in total. The van der Waals surface area contributed by atoms with Crippen molar-refractivity contribution in [2.45, 2.75) is 17.9 Å². The van der Waals surface area contributed by atoms with Gasteiger partial charge in [0.15, 0.2) is 0 Å². The van der Waals surface area contributed by atoms with Gasteiger partial charge in [-0.1, -0.05) is 24.3 Å². The number of hydrogen-bond acceptors (Lipinski definition) is 3. The molecule has 0 bridgehead atoms. The largest absolute Gasteiger partial charge is 0.497 e. The molecule has 0 aliphatic rings. The number of aryl methyl sites for hydroxylation is 1. The zero-order valence-corrected chi connectivity index (χ0v) is 13.4. The average molecular weight is 303 g/mol. The summed E-state index contributed by atoms with van der Waals surface area (Å²) < 4.78 is 17.7. The van der Waals surface area contributed by atoms with E-state index in [1.165, 1.54) is 11.1 Å². The van der Waals surface area contributed by atoms with E-state index in [1.54, 1.807) is 7.11 Å². The Morgan fingerprint density at radius 3 is 2.38 bits per heavy atom. The van der Waals surface area contributed by atoms with E-state index in [-0.39, 0.29) is 6.04 Å². The molecule has 0 aromatic heterocycles. The smallest absolute Gasteiger partial charge is 0.118 e. The first kappa shape index (κ1) is 15.7. The fourth-order valence-corrected chi connectivity index (χ4v) is 3.56. The lowest BCUT2D eigenvalue weighted by Crippen LogP contribution is -2.23. The maximum absolute atomic E-state index is 12.5. The van der Waals surface area contributed by atoms with Crippen molar-refractivity contribution < 1.29 is 8.95 Å². The van der Waals surface area contributed by atoms with Crippen LogP contribution in [0.5, 0.6) is 5.75 Å². The highest BCUT2D eigenvalue weighted by atomic mass is 32.2. The Morgan fingerprint density at radius 1 is 1.14 bits per heavy atom. The van der Waals surface area contributed by atoms with E-state index < -0.39 is 10.8 Å². The molecule has 1 N–H and O–H groups in total. The van der Waals surface area contributed by atoms with Crippen molar-refractivity contribution in [3.05, 3.63) is 59.7 Å². The third kappa shape index (κ3) is 3.93. The minimum atomic E-state index is -1.05. The summed E-state index contributed by atoms with van der Waals surface area (Å²) in [5.41, 5.74) is 2.41. The van der Waals surface area contributed by atoms with E-state index in [4.69, 9.17) is 4.74 Å². The van der Waals surface area contributed by atoms with E-state index in [0.29, 0.717) is 5.75 Å². The van der Waals surface area contributed by atoms with Crippen molar-refractivity contribution in [1.82, 2.24) is 5.32 Å². The van der Waals surface area contributed by atoms with Crippen LogP contribution in [0.2, 0.25) is 0 Å². The Kier molecular flexibility index (Phi) is 5.53. The molecule has 2 atom stereocenters. The Bertz CT molecular complexity index is 610. The van der Waals surface area contributed by atoms with Crippen molar-refractivity contribution in [3.63, 3.8) is 0 Å². The second-order valence-corrected chi connectivity index (χ2v) is 6.38. The lowest BCUT2D eigenvalue weighted by molar-refractivity contribution is 0.414. The number of rotatable bonds is 6. The van der Waals surface area contributed by atoms with Crippen LogP contribution in [0.3, 0.4) is 0 Å². The Balaban J connectivity index is 2.14. The molecule has 2 aromatic rings. The molecule has 4 heteroatoms. The predicted octanol–water partition coefficient (Wildman–Crippen LogP) is 3.07. The van der Waals surface area contributed by atoms with E-state index in [1.807, 2.05) is 43.4 Å².